The molecule has 1 aromatic heterocycles. The lowest BCUT2D eigenvalue weighted by Crippen LogP contribution is -2.40. The Morgan fingerprint density at radius 1 is 1.15 bits per heavy atom. The molecule has 3 aromatic rings. The molecule has 0 saturated carbocycles. The number of ether oxygens (including phenoxy) is 1. The van der Waals surface area contributed by atoms with E-state index in [4.69, 9.17) is 4.74 Å². The molecule has 0 amide bonds. The zero-order valence-corrected chi connectivity index (χ0v) is 19.9. The summed E-state index contributed by atoms with van der Waals surface area (Å²) in [7, 11) is 0. The van der Waals surface area contributed by atoms with Crippen LogP contribution in [0.2, 0.25) is 0 Å². The molecular weight excluding hydrogens is 458 g/mol. The summed E-state index contributed by atoms with van der Waals surface area (Å²) in [5, 5.41) is 8.13. The number of nitrogens with zero attached hydrogens (tertiary/aromatic N) is 3. The first-order chi connectivity index (χ1) is 16.5. The van der Waals surface area contributed by atoms with Crippen molar-refractivity contribution >= 4 is 11.4 Å². The molecule has 6 nitrogen and oxygen atoms in total. The van der Waals surface area contributed by atoms with E-state index in [1.165, 1.54) is 12.1 Å². The third-order valence-corrected chi connectivity index (χ3v) is 8.76. The topological polar surface area (TPSA) is 77.1 Å². The fourth-order valence-electron chi connectivity index (χ4n) is 5.10. The summed E-state index contributed by atoms with van der Waals surface area (Å²) in [5.74, 6) is 0.160. The Morgan fingerprint density at radius 3 is 2.62 bits per heavy atom. The maximum absolute atomic E-state index is 15.6. The molecule has 2 aliphatic heterocycles. The van der Waals surface area contributed by atoms with Crippen LogP contribution in [0.1, 0.15) is 59.3 Å². The lowest BCUT2D eigenvalue weighted by molar-refractivity contribution is 0.0593. The predicted molar refractivity (Wildman–Crippen MR) is 125 cm³/mol. The van der Waals surface area contributed by atoms with Gasteiger partial charge >= 0.3 is 0 Å². The summed E-state index contributed by atoms with van der Waals surface area (Å²) in [6, 6.07) is 12.3. The third-order valence-electron chi connectivity index (χ3n) is 6.94. The first-order valence-electron chi connectivity index (χ1n) is 11.6. The zero-order chi connectivity index (χ0) is 23.7. The first kappa shape index (κ1) is 23.4. The normalized spacial score (nSPS) is 23.2. The molecule has 1 unspecified atom stereocenters. The zero-order valence-electron chi connectivity index (χ0n) is 19.1. The summed E-state index contributed by atoms with van der Waals surface area (Å²) >= 11 is -1.32. The number of aryl methyl sites for hydroxylation is 1. The summed E-state index contributed by atoms with van der Waals surface area (Å²) in [5.41, 5.74) is 0.653. The van der Waals surface area contributed by atoms with Gasteiger partial charge in [-0.1, -0.05) is 30.3 Å². The molecule has 2 fully saturated rings. The molecule has 0 spiro atoms. The van der Waals surface area contributed by atoms with Crippen LogP contribution < -0.4 is 0 Å². The van der Waals surface area contributed by atoms with Crippen LogP contribution in [-0.4, -0.2) is 43.8 Å². The lowest BCUT2D eigenvalue weighted by atomic mass is 9.73. The maximum Gasteiger partial charge on any atom is 0.160 e. The van der Waals surface area contributed by atoms with E-state index in [9.17, 15) is 4.55 Å². The van der Waals surface area contributed by atoms with Crippen molar-refractivity contribution in [3.8, 4) is 0 Å². The number of aromatic nitrogens is 3. The molecule has 2 atom stereocenters. The Balaban J connectivity index is 1.43. The van der Waals surface area contributed by atoms with Gasteiger partial charge in [0.15, 0.2) is 5.25 Å². The van der Waals surface area contributed by atoms with E-state index >= 15 is 8.78 Å². The number of nitrogens with one attached hydrogen (secondary N) is 1. The molecule has 2 saturated heterocycles. The van der Waals surface area contributed by atoms with E-state index in [0.29, 0.717) is 44.2 Å². The number of hydrogen-bond donors (Lipinski definition) is 1. The van der Waals surface area contributed by atoms with E-state index in [0.717, 1.165) is 18.4 Å². The van der Waals surface area contributed by atoms with E-state index in [1.54, 1.807) is 11.2 Å². The number of aromatic amines is 1. The van der Waals surface area contributed by atoms with Crippen LogP contribution in [0.25, 0.3) is 0 Å². The molecule has 0 bridgehead atoms. The number of benzene rings is 2. The van der Waals surface area contributed by atoms with Gasteiger partial charge in [-0.05, 0) is 38.3 Å². The molecule has 3 heterocycles. The molecule has 5 rings (SSSR count). The average molecular weight is 487 g/mol. The van der Waals surface area contributed by atoms with Crippen LogP contribution in [0.3, 0.4) is 0 Å². The van der Waals surface area contributed by atoms with Gasteiger partial charge in [-0.15, -0.1) is 14.5 Å². The Hall–Kier alpha value is -2.33. The average Bonchev–Trinajstić information content (AvgIpc) is 3.30. The molecule has 0 radical (unpaired) electrons. The van der Waals surface area contributed by atoms with E-state index < -0.39 is 28.4 Å². The summed E-state index contributed by atoms with van der Waals surface area (Å²) in [6.07, 6.45) is 2.62. The molecule has 9 heteroatoms. The van der Waals surface area contributed by atoms with Gasteiger partial charge in [-0.25, -0.2) is 8.78 Å². The van der Waals surface area contributed by atoms with Crippen molar-refractivity contribution in [2.24, 2.45) is 0 Å². The second kappa shape index (κ2) is 9.73. The number of rotatable bonds is 5. The van der Waals surface area contributed by atoms with Crippen molar-refractivity contribution in [2.75, 3.05) is 19.8 Å². The highest BCUT2D eigenvalue weighted by Crippen LogP contribution is 2.42. The first-order valence-corrected chi connectivity index (χ1v) is 12.8. The molecule has 1 N–H and O–H groups in total. The lowest BCUT2D eigenvalue weighted by Gasteiger charge is -2.36. The van der Waals surface area contributed by atoms with Crippen LogP contribution in [0.5, 0.6) is 0 Å². The Labute approximate surface area is 201 Å². The second-order valence-corrected chi connectivity index (χ2v) is 10.7. The van der Waals surface area contributed by atoms with Gasteiger partial charge in [0, 0.05) is 54.2 Å². The molecule has 2 aromatic carbocycles. The minimum absolute atomic E-state index is 0.0938. The van der Waals surface area contributed by atoms with Crippen molar-refractivity contribution < 1.29 is 18.1 Å². The Morgan fingerprint density at radius 2 is 1.91 bits per heavy atom. The van der Waals surface area contributed by atoms with E-state index in [-0.39, 0.29) is 22.9 Å². The van der Waals surface area contributed by atoms with Gasteiger partial charge in [0.1, 0.15) is 23.3 Å². The predicted octanol–water partition coefficient (Wildman–Crippen LogP) is 4.49. The van der Waals surface area contributed by atoms with Gasteiger partial charge in [0.25, 0.3) is 0 Å². The van der Waals surface area contributed by atoms with Crippen LogP contribution in [0.4, 0.5) is 8.78 Å². The second-order valence-electron chi connectivity index (χ2n) is 9.06. The van der Waals surface area contributed by atoms with E-state index in [2.05, 4.69) is 15.2 Å². The van der Waals surface area contributed by atoms with Crippen molar-refractivity contribution in [1.29, 1.82) is 0 Å². The molecule has 34 heavy (non-hydrogen) atoms. The van der Waals surface area contributed by atoms with E-state index in [1.807, 2.05) is 30.3 Å². The highest BCUT2D eigenvalue weighted by atomic mass is 32.2. The van der Waals surface area contributed by atoms with Crippen molar-refractivity contribution in [3.05, 3.63) is 82.4 Å². The highest BCUT2D eigenvalue weighted by Gasteiger charge is 2.42. The minimum Gasteiger partial charge on any atom is -0.597 e. The van der Waals surface area contributed by atoms with Gasteiger partial charge < -0.3 is 14.3 Å². The monoisotopic (exact) mass is 486 g/mol. The summed E-state index contributed by atoms with van der Waals surface area (Å²) in [4.78, 5) is 3.12. The minimum atomic E-state index is -1.32. The van der Waals surface area contributed by atoms with Crippen LogP contribution >= 0.6 is 0 Å². The fraction of sp³-hybridized carbons (Fsp3) is 0.440. The van der Waals surface area contributed by atoms with Crippen LogP contribution in [0, 0.1) is 18.6 Å². The summed E-state index contributed by atoms with van der Waals surface area (Å²) < 4.78 is 51.5. The maximum atomic E-state index is 15.6. The molecular formula is C25H28F2N4O2S. The van der Waals surface area contributed by atoms with Gasteiger partial charge in [0.05, 0.1) is 12.0 Å². The quantitative estimate of drug-likeness (QED) is 0.538. The van der Waals surface area contributed by atoms with Crippen molar-refractivity contribution in [3.63, 3.8) is 0 Å². The number of H-pyrrole nitrogens is 1. The molecule has 180 valence electrons. The molecule has 0 aliphatic carbocycles. The van der Waals surface area contributed by atoms with Crippen molar-refractivity contribution in [1.82, 2.24) is 19.5 Å². The summed E-state index contributed by atoms with van der Waals surface area (Å²) in [6.45, 7) is 3.31. The standard InChI is InChI=1S/C25H28F2N4O2S/c1-17-28-24(30-29-17)25(9-12-33-13-10-25)20-15-21(26)19(14-22(20)27)16-31-11-5-8-23(34(31)32)18-6-3-2-4-7-18/h2-4,6-7,14-15,23H,5,8-13,16H2,1H3,(H,28,29,30)/t23-,34?/m1/s1. The SMILES string of the molecule is Cc1nnc(C2(c3cc(F)c(CN4CCC[C@H](c5ccccc5)[S+]4[O-])cc3F)CCOCC2)[nH]1. The van der Waals surface area contributed by atoms with Crippen LogP contribution in [0.15, 0.2) is 42.5 Å². The third kappa shape index (κ3) is 4.37. The van der Waals surface area contributed by atoms with Crippen LogP contribution in [-0.2, 0) is 28.1 Å². The Kier molecular flexibility index (Phi) is 6.70. The van der Waals surface area contributed by atoms with Gasteiger partial charge in [0.2, 0.25) is 0 Å². The van der Waals surface area contributed by atoms with Gasteiger partial charge in [-0.2, -0.15) is 0 Å². The smallest absolute Gasteiger partial charge is 0.160 e. The largest absolute Gasteiger partial charge is 0.597 e. The number of halogens is 2. The molecule has 2 aliphatic rings. The fourth-order valence-corrected chi connectivity index (χ4v) is 6.79. The van der Waals surface area contributed by atoms with Crippen molar-refractivity contribution in [2.45, 2.75) is 49.8 Å². The van der Waals surface area contributed by atoms with Gasteiger partial charge in [-0.3, -0.25) is 0 Å². The highest BCUT2D eigenvalue weighted by molar-refractivity contribution is 7.89. The number of hydrogen-bond acceptors (Lipinski definition) is 5. The Bertz CT molecular complexity index is 1140.